The highest BCUT2D eigenvalue weighted by Crippen LogP contribution is 2.07. The molecule has 0 atom stereocenters. The van der Waals surface area contributed by atoms with E-state index in [1.54, 1.807) is 18.5 Å². The Hall–Kier alpha value is -2.14. The molecule has 0 aliphatic carbocycles. The molecule has 1 aromatic carbocycles. The normalized spacial score (nSPS) is 10.5. The second-order valence-electron chi connectivity index (χ2n) is 4.14. The van der Waals surface area contributed by atoms with Gasteiger partial charge in [0.05, 0.1) is 12.0 Å². The van der Waals surface area contributed by atoms with Gasteiger partial charge in [0.1, 0.15) is 0 Å². The van der Waals surface area contributed by atoms with Gasteiger partial charge in [0.15, 0.2) is 0 Å². The number of imidazole rings is 1. The number of benzene rings is 1. The van der Waals surface area contributed by atoms with Crippen LogP contribution in [-0.2, 0) is 13.0 Å². The molecule has 0 spiro atoms. The van der Waals surface area contributed by atoms with Crippen LogP contribution in [-0.4, -0.2) is 22.0 Å². The Labute approximate surface area is 105 Å². The van der Waals surface area contributed by atoms with Gasteiger partial charge < -0.3 is 16.0 Å². The van der Waals surface area contributed by atoms with Crippen molar-refractivity contribution in [1.82, 2.24) is 9.55 Å². The Balaban J connectivity index is 2.12. The van der Waals surface area contributed by atoms with Gasteiger partial charge in [-0.3, -0.25) is 4.79 Å². The van der Waals surface area contributed by atoms with Crippen molar-refractivity contribution in [1.29, 1.82) is 0 Å². The molecule has 5 nitrogen and oxygen atoms in total. The third-order valence-corrected chi connectivity index (χ3v) is 2.66. The topological polar surface area (TPSA) is 86.9 Å². The van der Waals surface area contributed by atoms with Crippen LogP contribution in [0, 0.1) is 0 Å². The van der Waals surface area contributed by atoms with E-state index < -0.39 is 5.91 Å². The molecule has 94 valence electrons. The molecule has 0 bridgehead atoms. The van der Waals surface area contributed by atoms with Gasteiger partial charge in [-0.25, -0.2) is 4.98 Å². The number of primary amides is 1. The second-order valence-corrected chi connectivity index (χ2v) is 4.14. The van der Waals surface area contributed by atoms with E-state index in [0.29, 0.717) is 18.7 Å². The van der Waals surface area contributed by atoms with Gasteiger partial charge in [-0.1, -0.05) is 12.1 Å². The molecule has 0 saturated carbocycles. The summed E-state index contributed by atoms with van der Waals surface area (Å²) in [6.45, 7) is 1.26. The van der Waals surface area contributed by atoms with Crippen molar-refractivity contribution in [3.8, 4) is 0 Å². The SMILES string of the molecule is NCCc1cn(Cc2cccc(C(N)=O)c2)cn1. The lowest BCUT2D eigenvalue weighted by Crippen LogP contribution is -2.11. The van der Waals surface area contributed by atoms with Gasteiger partial charge in [0.25, 0.3) is 0 Å². The molecule has 1 amide bonds. The van der Waals surface area contributed by atoms with E-state index in [1.807, 2.05) is 22.9 Å². The average molecular weight is 244 g/mol. The first-order valence-corrected chi connectivity index (χ1v) is 5.78. The third-order valence-electron chi connectivity index (χ3n) is 2.66. The lowest BCUT2D eigenvalue weighted by molar-refractivity contribution is 0.1000. The summed E-state index contributed by atoms with van der Waals surface area (Å²) in [6, 6.07) is 7.28. The van der Waals surface area contributed by atoms with Crippen LogP contribution in [0.25, 0.3) is 0 Å². The fourth-order valence-corrected chi connectivity index (χ4v) is 1.80. The molecule has 2 aromatic rings. The minimum Gasteiger partial charge on any atom is -0.366 e. The minimum atomic E-state index is -0.411. The van der Waals surface area contributed by atoms with Crippen molar-refractivity contribution in [3.63, 3.8) is 0 Å². The van der Waals surface area contributed by atoms with Crippen molar-refractivity contribution in [2.75, 3.05) is 6.54 Å². The molecule has 0 aliphatic heterocycles. The Morgan fingerprint density at radius 3 is 2.94 bits per heavy atom. The van der Waals surface area contributed by atoms with Crippen LogP contribution in [0.5, 0.6) is 0 Å². The predicted molar refractivity (Wildman–Crippen MR) is 69.0 cm³/mol. The molecule has 0 aliphatic rings. The number of hydrogen-bond donors (Lipinski definition) is 2. The molecule has 4 N–H and O–H groups in total. The van der Waals surface area contributed by atoms with Crippen LogP contribution in [0.1, 0.15) is 21.6 Å². The van der Waals surface area contributed by atoms with E-state index in [2.05, 4.69) is 4.98 Å². The maximum Gasteiger partial charge on any atom is 0.248 e. The summed E-state index contributed by atoms with van der Waals surface area (Å²) in [5.74, 6) is -0.411. The Kier molecular flexibility index (Phi) is 3.74. The lowest BCUT2D eigenvalue weighted by atomic mass is 10.1. The average Bonchev–Trinajstić information content (AvgIpc) is 2.77. The van der Waals surface area contributed by atoms with Gasteiger partial charge in [-0.05, 0) is 24.2 Å². The van der Waals surface area contributed by atoms with Crippen LogP contribution in [0.2, 0.25) is 0 Å². The zero-order chi connectivity index (χ0) is 13.0. The minimum absolute atomic E-state index is 0.411. The van der Waals surface area contributed by atoms with Crippen molar-refractivity contribution in [2.24, 2.45) is 11.5 Å². The molecule has 18 heavy (non-hydrogen) atoms. The van der Waals surface area contributed by atoms with Crippen LogP contribution >= 0.6 is 0 Å². The monoisotopic (exact) mass is 244 g/mol. The molecule has 0 fully saturated rings. The second kappa shape index (κ2) is 5.46. The van der Waals surface area contributed by atoms with Gasteiger partial charge in [0.2, 0.25) is 5.91 Å². The fraction of sp³-hybridized carbons (Fsp3) is 0.231. The molecule has 5 heteroatoms. The highest BCUT2D eigenvalue weighted by atomic mass is 16.1. The summed E-state index contributed by atoms with van der Waals surface area (Å²) in [5.41, 5.74) is 13.2. The number of amides is 1. The third kappa shape index (κ3) is 2.95. The molecular weight excluding hydrogens is 228 g/mol. The first-order chi connectivity index (χ1) is 8.69. The fourth-order valence-electron chi connectivity index (χ4n) is 1.80. The smallest absolute Gasteiger partial charge is 0.248 e. The van der Waals surface area contributed by atoms with Crippen molar-refractivity contribution < 1.29 is 4.79 Å². The van der Waals surface area contributed by atoms with Gasteiger partial charge in [0, 0.05) is 24.7 Å². The maximum atomic E-state index is 11.1. The van der Waals surface area contributed by atoms with Gasteiger partial charge in [-0.2, -0.15) is 0 Å². The summed E-state index contributed by atoms with van der Waals surface area (Å²) >= 11 is 0. The molecular formula is C13H16N4O. The molecule has 1 aromatic heterocycles. The molecule has 0 radical (unpaired) electrons. The zero-order valence-electron chi connectivity index (χ0n) is 10.0. The van der Waals surface area contributed by atoms with E-state index in [0.717, 1.165) is 17.7 Å². The summed E-state index contributed by atoms with van der Waals surface area (Å²) in [7, 11) is 0. The number of carbonyl (C=O) groups excluding carboxylic acids is 1. The quantitative estimate of drug-likeness (QED) is 0.804. The van der Waals surface area contributed by atoms with E-state index in [1.165, 1.54) is 0 Å². The molecule has 0 saturated heterocycles. The predicted octanol–water partition coefficient (Wildman–Crippen LogP) is 0.531. The first-order valence-electron chi connectivity index (χ1n) is 5.78. The molecule has 0 unspecified atom stereocenters. The first kappa shape index (κ1) is 12.3. The van der Waals surface area contributed by atoms with Crippen LogP contribution < -0.4 is 11.5 Å². The Bertz CT molecular complexity index is 547. The highest BCUT2D eigenvalue weighted by molar-refractivity contribution is 5.92. The number of nitrogens with zero attached hydrogens (tertiary/aromatic N) is 2. The maximum absolute atomic E-state index is 11.1. The largest absolute Gasteiger partial charge is 0.366 e. The summed E-state index contributed by atoms with van der Waals surface area (Å²) in [4.78, 5) is 15.3. The van der Waals surface area contributed by atoms with Crippen LogP contribution in [0.3, 0.4) is 0 Å². The summed E-state index contributed by atoms with van der Waals surface area (Å²) < 4.78 is 1.96. The number of nitrogens with two attached hydrogens (primary N) is 2. The lowest BCUT2D eigenvalue weighted by Gasteiger charge is -2.03. The standard InChI is InChI=1S/C13H16N4O/c14-5-4-12-8-17(9-16-12)7-10-2-1-3-11(6-10)13(15)18/h1-3,6,8-9H,4-5,7,14H2,(H2,15,18). The summed E-state index contributed by atoms with van der Waals surface area (Å²) in [6.07, 6.45) is 4.50. The summed E-state index contributed by atoms with van der Waals surface area (Å²) in [5, 5.41) is 0. The molecule has 2 rings (SSSR count). The van der Waals surface area contributed by atoms with Gasteiger partial charge in [-0.15, -0.1) is 0 Å². The van der Waals surface area contributed by atoms with Crippen LogP contribution in [0.15, 0.2) is 36.8 Å². The van der Waals surface area contributed by atoms with E-state index in [4.69, 9.17) is 11.5 Å². The Morgan fingerprint density at radius 2 is 2.22 bits per heavy atom. The number of aromatic nitrogens is 2. The highest BCUT2D eigenvalue weighted by Gasteiger charge is 2.03. The zero-order valence-corrected chi connectivity index (χ0v) is 10.0. The van der Waals surface area contributed by atoms with E-state index >= 15 is 0 Å². The van der Waals surface area contributed by atoms with Crippen molar-refractivity contribution >= 4 is 5.91 Å². The van der Waals surface area contributed by atoms with E-state index in [9.17, 15) is 4.79 Å². The van der Waals surface area contributed by atoms with Crippen LogP contribution in [0.4, 0.5) is 0 Å². The number of hydrogen-bond acceptors (Lipinski definition) is 3. The van der Waals surface area contributed by atoms with Crippen molar-refractivity contribution in [3.05, 3.63) is 53.6 Å². The number of rotatable bonds is 5. The number of carbonyl (C=O) groups is 1. The van der Waals surface area contributed by atoms with Gasteiger partial charge >= 0.3 is 0 Å². The van der Waals surface area contributed by atoms with E-state index in [-0.39, 0.29) is 0 Å². The van der Waals surface area contributed by atoms with Crippen molar-refractivity contribution in [2.45, 2.75) is 13.0 Å². The molecule has 1 heterocycles. The Morgan fingerprint density at radius 1 is 1.39 bits per heavy atom.